The molecule has 3 rings (SSSR count). The lowest BCUT2D eigenvalue weighted by Gasteiger charge is -2.33. The number of rotatable bonds is 4. The molecular weight excluding hydrogens is 372 g/mol. The zero-order chi connectivity index (χ0) is 20.1. The molecule has 3 amide bonds. The molecule has 0 radical (unpaired) electrons. The molecule has 0 spiro atoms. The standard InChI is InChI=1S/C18H19F2N5O3/c19-15-5-4-13(10-21-15)22-17(26)23-14-3-1-2-12(16(14)20)11-24-6-8-25(9-7-24)18(27)28/h1-5,10H,6-9,11H2,(H,27,28)(H2,22,23,26). The molecule has 2 heterocycles. The Hall–Kier alpha value is -3.27. The van der Waals surface area contributed by atoms with Gasteiger partial charge in [-0.3, -0.25) is 4.90 Å². The first-order valence-electron chi connectivity index (χ1n) is 8.59. The monoisotopic (exact) mass is 391 g/mol. The largest absolute Gasteiger partial charge is 0.465 e. The maximum Gasteiger partial charge on any atom is 0.407 e. The summed E-state index contributed by atoms with van der Waals surface area (Å²) in [5, 5.41) is 13.8. The maximum atomic E-state index is 14.7. The average Bonchev–Trinajstić information content (AvgIpc) is 2.67. The van der Waals surface area contributed by atoms with Crippen molar-refractivity contribution in [2.75, 3.05) is 36.8 Å². The minimum atomic E-state index is -0.959. The summed E-state index contributed by atoms with van der Waals surface area (Å²) >= 11 is 0. The van der Waals surface area contributed by atoms with E-state index >= 15 is 0 Å². The average molecular weight is 391 g/mol. The lowest BCUT2D eigenvalue weighted by molar-refractivity contribution is 0.102. The molecule has 1 fully saturated rings. The summed E-state index contributed by atoms with van der Waals surface area (Å²) in [5.41, 5.74) is 0.672. The van der Waals surface area contributed by atoms with Gasteiger partial charge in [-0.15, -0.1) is 0 Å². The SMILES string of the molecule is O=C(Nc1ccc(F)nc1)Nc1cccc(CN2CCN(C(=O)O)CC2)c1F. The van der Waals surface area contributed by atoms with E-state index in [2.05, 4.69) is 15.6 Å². The van der Waals surface area contributed by atoms with Gasteiger partial charge in [0, 0.05) is 38.3 Å². The number of pyridine rings is 1. The Kier molecular flexibility index (Phi) is 5.99. The van der Waals surface area contributed by atoms with Gasteiger partial charge in [-0.1, -0.05) is 12.1 Å². The van der Waals surface area contributed by atoms with Crippen molar-refractivity contribution < 1.29 is 23.5 Å². The van der Waals surface area contributed by atoms with Crippen molar-refractivity contribution in [3.63, 3.8) is 0 Å². The molecule has 3 N–H and O–H groups in total. The van der Waals surface area contributed by atoms with Crippen LogP contribution in [-0.2, 0) is 6.54 Å². The topological polar surface area (TPSA) is 97.8 Å². The molecule has 1 aliphatic rings. The fourth-order valence-electron chi connectivity index (χ4n) is 2.87. The van der Waals surface area contributed by atoms with Crippen molar-refractivity contribution in [2.24, 2.45) is 0 Å². The highest BCUT2D eigenvalue weighted by molar-refractivity contribution is 5.99. The first-order chi connectivity index (χ1) is 13.4. The third-order valence-electron chi connectivity index (χ3n) is 4.35. The van der Waals surface area contributed by atoms with E-state index in [-0.39, 0.29) is 11.4 Å². The zero-order valence-corrected chi connectivity index (χ0v) is 14.9. The number of benzene rings is 1. The Bertz CT molecular complexity index is 855. The third-order valence-corrected chi connectivity index (χ3v) is 4.35. The summed E-state index contributed by atoms with van der Waals surface area (Å²) < 4.78 is 27.5. The number of amides is 3. The highest BCUT2D eigenvalue weighted by Gasteiger charge is 2.21. The predicted molar refractivity (Wildman–Crippen MR) is 98.1 cm³/mol. The highest BCUT2D eigenvalue weighted by Crippen LogP contribution is 2.20. The van der Waals surface area contributed by atoms with Crippen LogP contribution in [0.3, 0.4) is 0 Å². The number of hydrogen-bond donors (Lipinski definition) is 3. The van der Waals surface area contributed by atoms with Crippen molar-refractivity contribution in [1.29, 1.82) is 0 Å². The van der Waals surface area contributed by atoms with Gasteiger partial charge in [0.15, 0.2) is 5.82 Å². The summed E-state index contributed by atoms with van der Waals surface area (Å²) in [6.45, 7) is 2.03. The van der Waals surface area contributed by atoms with E-state index < -0.39 is 23.9 Å². The number of carboxylic acid groups (broad SMARTS) is 1. The summed E-state index contributed by atoms with van der Waals surface area (Å²) in [6.07, 6.45) is 0.192. The van der Waals surface area contributed by atoms with E-state index in [0.29, 0.717) is 38.3 Å². The van der Waals surface area contributed by atoms with Crippen molar-refractivity contribution in [3.8, 4) is 0 Å². The second-order valence-corrected chi connectivity index (χ2v) is 6.27. The smallest absolute Gasteiger partial charge is 0.407 e. The number of nitrogens with one attached hydrogen (secondary N) is 2. The summed E-state index contributed by atoms with van der Waals surface area (Å²) in [5.74, 6) is -1.23. The Balaban J connectivity index is 1.60. The van der Waals surface area contributed by atoms with Crippen molar-refractivity contribution in [2.45, 2.75) is 6.54 Å². The van der Waals surface area contributed by atoms with Crippen molar-refractivity contribution >= 4 is 23.5 Å². The predicted octanol–water partition coefficient (Wildman–Crippen LogP) is 2.80. The quantitative estimate of drug-likeness (QED) is 0.697. The van der Waals surface area contributed by atoms with Gasteiger partial charge in [-0.25, -0.2) is 19.0 Å². The fourth-order valence-corrected chi connectivity index (χ4v) is 2.87. The number of hydrogen-bond acceptors (Lipinski definition) is 4. The molecule has 1 aliphatic heterocycles. The number of urea groups is 1. The summed E-state index contributed by atoms with van der Waals surface area (Å²) in [6, 6.07) is 6.43. The van der Waals surface area contributed by atoms with Gasteiger partial charge in [0.1, 0.15) is 0 Å². The number of carbonyl (C=O) groups is 2. The molecule has 1 aromatic heterocycles. The highest BCUT2D eigenvalue weighted by atomic mass is 19.1. The molecular formula is C18H19F2N5O3. The molecule has 0 saturated carbocycles. The zero-order valence-electron chi connectivity index (χ0n) is 14.9. The van der Waals surface area contributed by atoms with Gasteiger partial charge in [0.25, 0.3) is 0 Å². The third kappa shape index (κ3) is 4.92. The van der Waals surface area contributed by atoms with Gasteiger partial charge in [0.05, 0.1) is 17.6 Å². The lowest BCUT2D eigenvalue weighted by atomic mass is 10.1. The summed E-state index contributed by atoms with van der Waals surface area (Å²) in [7, 11) is 0. The number of carbonyl (C=O) groups excluding carboxylic acids is 1. The van der Waals surface area contributed by atoms with Crippen LogP contribution in [0.2, 0.25) is 0 Å². The van der Waals surface area contributed by atoms with Crippen LogP contribution < -0.4 is 10.6 Å². The molecule has 2 aromatic rings. The van der Waals surface area contributed by atoms with Gasteiger partial charge in [-0.05, 0) is 18.2 Å². The molecule has 10 heteroatoms. The molecule has 1 saturated heterocycles. The number of nitrogens with zero attached hydrogens (tertiary/aromatic N) is 3. The van der Waals surface area contributed by atoms with E-state index in [9.17, 15) is 18.4 Å². The number of halogens is 2. The first-order valence-corrected chi connectivity index (χ1v) is 8.59. The lowest BCUT2D eigenvalue weighted by Crippen LogP contribution is -2.47. The van der Waals surface area contributed by atoms with E-state index in [1.807, 2.05) is 4.90 Å². The molecule has 0 unspecified atom stereocenters. The van der Waals surface area contributed by atoms with Crippen LogP contribution in [0.5, 0.6) is 0 Å². The Labute approximate surface area is 159 Å². The molecule has 28 heavy (non-hydrogen) atoms. The normalized spacial score (nSPS) is 14.6. The minimum Gasteiger partial charge on any atom is -0.465 e. The molecule has 0 aliphatic carbocycles. The molecule has 1 aromatic carbocycles. The minimum absolute atomic E-state index is 0.00856. The van der Waals surface area contributed by atoms with E-state index in [1.54, 1.807) is 12.1 Å². The Morgan fingerprint density at radius 2 is 1.82 bits per heavy atom. The molecule has 0 atom stereocenters. The van der Waals surface area contributed by atoms with Crippen molar-refractivity contribution in [3.05, 3.63) is 53.9 Å². The maximum absolute atomic E-state index is 14.7. The van der Waals surface area contributed by atoms with Crippen LogP contribution in [0.1, 0.15) is 5.56 Å². The number of anilines is 2. The molecule has 0 bridgehead atoms. The molecule has 148 valence electrons. The first kappa shape index (κ1) is 19.5. The number of aromatic nitrogens is 1. The van der Waals surface area contributed by atoms with Crippen LogP contribution in [0.15, 0.2) is 36.5 Å². The van der Waals surface area contributed by atoms with Crippen LogP contribution in [-0.4, -0.2) is 58.2 Å². The van der Waals surface area contributed by atoms with Crippen LogP contribution in [0.25, 0.3) is 0 Å². The van der Waals surface area contributed by atoms with E-state index in [1.165, 1.54) is 17.0 Å². The van der Waals surface area contributed by atoms with Crippen molar-refractivity contribution in [1.82, 2.24) is 14.8 Å². The summed E-state index contributed by atoms with van der Waals surface area (Å²) in [4.78, 5) is 29.7. The second-order valence-electron chi connectivity index (χ2n) is 6.27. The van der Waals surface area contributed by atoms with Gasteiger partial charge in [0.2, 0.25) is 5.95 Å². The number of piperazine rings is 1. The van der Waals surface area contributed by atoms with Gasteiger partial charge in [-0.2, -0.15) is 4.39 Å². The molecule has 8 nitrogen and oxygen atoms in total. The van der Waals surface area contributed by atoms with E-state index in [0.717, 1.165) is 12.3 Å². The van der Waals surface area contributed by atoms with Crippen LogP contribution in [0, 0.1) is 11.8 Å². The fraction of sp³-hybridized carbons (Fsp3) is 0.278. The van der Waals surface area contributed by atoms with Crippen LogP contribution in [0.4, 0.5) is 29.7 Å². The van der Waals surface area contributed by atoms with Crippen LogP contribution >= 0.6 is 0 Å². The second kappa shape index (κ2) is 8.61. The Morgan fingerprint density at radius 1 is 1.07 bits per heavy atom. The Morgan fingerprint density at radius 3 is 2.46 bits per heavy atom. The van der Waals surface area contributed by atoms with Gasteiger partial charge < -0.3 is 20.6 Å². The van der Waals surface area contributed by atoms with E-state index in [4.69, 9.17) is 5.11 Å². The van der Waals surface area contributed by atoms with Gasteiger partial charge >= 0.3 is 12.1 Å².